The van der Waals surface area contributed by atoms with Gasteiger partial charge in [-0.2, -0.15) is 0 Å². The minimum atomic E-state index is -0.666. The average Bonchev–Trinajstić information content (AvgIpc) is 2.78. The minimum Gasteiger partial charge on any atom is -0.490 e. The maximum absolute atomic E-state index is 11.1. The van der Waals surface area contributed by atoms with Crippen LogP contribution in [0.1, 0.15) is 24.8 Å². The van der Waals surface area contributed by atoms with Crippen molar-refractivity contribution in [2.45, 2.75) is 25.7 Å². The lowest BCUT2D eigenvalue weighted by molar-refractivity contribution is -0.143. The fraction of sp³-hybridized carbons (Fsp3) is 0.588. The van der Waals surface area contributed by atoms with E-state index in [1.165, 1.54) is 5.56 Å². The van der Waals surface area contributed by atoms with E-state index in [4.69, 9.17) is 14.6 Å². The second-order valence-corrected chi connectivity index (χ2v) is 6.06. The number of fused-ring (bicyclic) bond motifs is 1. The summed E-state index contributed by atoms with van der Waals surface area (Å²) in [4.78, 5) is 13.4. The summed E-state index contributed by atoms with van der Waals surface area (Å²) in [7, 11) is 0. The highest BCUT2D eigenvalue weighted by Gasteiger charge is 2.25. The second kappa shape index (κ2) is 7.01. The number of hydrogen-bond acceptors (Lipinski definition) is 4. The van der Waals surface area contributed by atoms with Gasteiger partial charge in [0.1, 0.15) is 0 Å². The van der Waals surface area contributed by atoms with E-state index in [1.807, 2.05) is 6.07 Å². The van der Waals surface area contributed by atoms with Crippen LogP contribution in [-0.2, 0) is 11.2 Å². The number of aliphatic carboxylic acids is 1. The third-order valence-electron chi connectivity index (χ3n) is 4.38. The zero-order valence-electron chi connectivity index (χ0n) is 12.8. The average molecular weight is 305 g/mol. The number of ether oxygens (including phenoxy) is 2. The van der Waals surface area contributed by atoms with E-state index in [1.54, 1.807) is 0 Å². The number of carboxylic acids is 1. The molecule has 0 spiro atoms. The van der Waals surface area contributed by atoms with E-state index in [2.05, 4.69) is 17.0 Å². The second-order valence-electron chi connectivity index (χ2n) is 6.06. The van der Waals surface area contributed by atoms with Crippen LogP contribution >= 0.6 is 0 Å². The van der Waals surface area contributed by atoms with Gasteiger partial charge in [-0.05, 0) is 43.5 Å². The molecule has 1 unspecified atom stereocenters. The van der Waals surface area contributed by atoms with E-state index in [0.29, 0.717) is 19.8 Å². The lowest BCUT2D eigenvalue weighted by Gasteiger charge is -2.30. The maximum atomic E-state index is 11.1. The van der Waals surface area contributed by atoms with Gasteiger partial charge in [0.25, 0.3) is 0 Å². The van der Waals surface area contributed by atoms with Gasteiger partial charge in [-0.25, -0.2) is 0 Å². The first-order valence-electron chi connectivity index (χ1n) is 8.06. The van der Waals surface area contributed by atoms with Crippen LogP contribution < -0.4 is 9.47 Å². The van der Waals surface area contributed by atoms with Crippen molar-refractivity contribution in [3.63, 3.8) is 0 Å². The first-order valence-corrected chi connectivity index (χ1v) is 8.06. The summed E-state index contributed by atoms with van der Waals surface area (Å²) in [6.07, 6.45) is 3.59. The fourth-order valence-corrected chi connectivity index (χ4v) is 3.11. The number of piperidine rings is 1. The maximum Gasteiger partial charge on any atom is 0.307 e. The summed E-state index contributed by atoms with van der Waals surface area (Å²) < 4.78 is 11.4. The molecular weight excluding hydrogens is 282 g/mol. The highest BCUT2D eigenvalue weighted by atomic mass is 16.5. The van der Waals surface area contributed by atoms with Crippen LogP contribution in [0.3, 0.4) is 0 Å². The smallest absolute Gasteiger partial charge is 0.307 e. The molecule has 0 aromatic heterocycles. The summed E-state index contributed by atoms with van der Waals surface area (Å²) in [5, 5.41) is 9.14. The Balaban J connectivity index is 1.57. The number of carboxylic acid groups (broad SMARTS) is 1. The molecule has 22 heavy (non-hydrogen) atoms. The molecule has 2 heterocycles. The van der Waals surface area contributed by atoms with Crippen LogP contribution in [0.15, 0.2) is 18.2 Å². The van der Waals surface area contributed by atoms with Crippen LogP contribution in [0.25, 0.3) is 0 Å². The summed E-state index contributed by atoms with van der Waals surface area (Å²) in [6, 6.07) is 6.11. The fourth-order valence-electron chi connectivity index (χ4n) is 3.11. The molecule has 1 aromatic carbocycles. The number of carbonyl (C=O) groups is 1. The molecule has 3 rings (SSSR count). The Hall–Kier alpha value is -1.75. The zero-order valence-corrected chi connectivity index (χ0v) is 12.8. The molecule has 0 bridgehead atoms. The SMILES string of the molecule is O=C(O)C1CCCN(CCc2ccc3c(c2)OCCCO3)C1. The molecule has 1 saturated heterocycles. The monoisotopic (exact) mass is 305 g/mol. The van der Waals surface area contributed by atoms with Crippen molar-refractivity contribution in [1.29, 1.82) is 0 Å². The van der Waals surface area contributed by atoms with Crippen molar-refractivity contribution in [2.24, 2.45) is 5.92 Å². The van der Waals surface area contributed by atoms with Gasteiger partial charge in [0.2, 0.25) is 0 Å². The van der Waals surface area contributed by atoms with E-state index in [-0.39, 0.29) is 5.92 Å². The molecule has 1 atom stereocenters. The molecular formula is C17H23NO4. The summed E-state index contributed by atoms with van der Waals surface area (Å²) in [5.74, 6) is 0.778. The molecule has 1 N–H and O–H groups in total. The van der Waals surface area contributed by atoms with E-state index >= 15 is 0 Å². The number of likely N-dealkylation sites (tertiary alicyclic amines) is 1. The summed E-state index contributed by atoms with van der Waals surface area (Å²) >= 11 is 0. The quantitative estimate of drug-likeness (QED) is 0.924. The summed E-state index contributed by atoms with van der Waals surface area (Å²) in [5.41, 5.74) is 1.21. The Morgan fingerprint density at radius 3 is 2.86 bits per heavy atom. The molecule has 0 saturated carbocycles. The van der Waals surface area contributed by atoms with Crippen LogP contribution in [0.5, 0.6) is 11.5 Å². The Morgan fingerprint density at radius 1 is 1.23 bits per heavy atom. The predicted molar refractivity (Wildman–Crippen MR) is 82.6 cm³/mol. The number of benzene rings is 1. The Kier molecular flexibility index (Phi) is 4.83. The van der Waals surface area contributed by atoms with Crippen molar-refractivity contribution in [1.82, 2.24) is 4.90 Å². The molecule has 2 aliphatic rings. The largest absolute Gasteiger partial charge is 0.490 e. The molecule has 2 aliphatic heterocycles. The first-order chi connectivity index (χ1) is 10.7. The summed E-state index contributed by atoms with van der Waals surface area (Å²) in [6.45, 7) is 3.96. The number of rotatable bonds is 4. The van der Waals surface area contributed by atoms with Crippen molar-refractivity contribution >= 4 is 5.97 Å². The lowest BCUT2D eigenvalue weighted by Crippen LogP contribution is -2.39. The molecule has 0 amide bonds. The number of hydrogen-bond donors (Lipinski definition) is 1. The first kappa shape index (κ1) is 15.2. The highest BCUT2D eigenvalue weighted by molar-refractivity contribution is 5.70. The molecule has 1 fully saturated rings. The van der Waals surface area contributed by atoms with Gasteiger partial charge >= 0.3 is 5.97 Å². The van der Waals surface area contributed by atoms with Crippen molar-refractivity contribution < 1.29 is 19.4 Å². The molecule has 0 radical (unpaired) electrons. The Morgan fingerprint density at radius 2 is 2.05 bits per heavy atom. The Labute approximate surface area is 130 Å². The van der Waals surface area contributed by atoms with Crippen LogP contribution in [0.2, 0.25) is 0 Å². The third-order valence-corrected chi connectivity index (χ3v) is 4.38. The van der Waals surface area contributed by atoms with Gasteiger partial charge in [0.05, 0.1) is 19.1 Å². The van der Waals surface area contributed by atoms with Gasteiger partial charge in [-0.15, -0.1) is 0 Å². The van der Waals surface area contributed by atoms with Crippen LogP contribution in [0.4, 0.5) is 0 Å². The van der Waals surface area contributed by atoms with Gasteiger partial charge in [0.15, 0.2) is 11.5 Å². The molecule has 5 nitrogen and oxygen atoms in total. The standard InChI is InChI=1S/C17H23NO4/c19-17(20)14-3-1-7-18(12-14)8-6-13-4-5-15-16(11-13)22-10-2-9-21-15/h4-5,11,14H,1-3,6-10,12H2,(H,19,20). The third kappa shape index (κ3) is 3.71. The highest BCUT2D eigenvalue weighted by Crippen LogP contribution is 2.30. The zero-order chi connectivity index (χ0) is 15.4. The predicted octanol–water partition coefficient (Wildman–Crippen LogP) is 2.19. The van der Waals surface area contributed by atoms with Crippen molar-refractivity contribution in [2.75, 3.05) is 32.8 Å². The van der Waals surface area contributed by atoms with Crippen LogP contribution in [0, 0.1) is 5.92 Å². The molecule has 5 heteroatoms. The van der Waals surface area contributed by atoms with Gasteiger partial charge in [-0.3, -0.25) is 4.79 Å². The lowest BCUT2D eigenvalue weighted by atomic mass is 9.98. The van der Waals surface area contributed by atoms with E-state index in [9.17, 15) is 4.79 Å². The van der Waals surface area contributed by atoms with Gasteiger partial charge in [-0.1, -0.05) is 6.07 Å². The van der Waals surface area contributed by atoms with Crippen LogP contribution in [-0.4, -0.2) is 48.8 Å². The van der Waals surface area contributed by atoms with Crippen molar-refractivity contribution in [3.05, 3.63) is 23.8 Å². The van der Waals surface area contributed by atoms with E-state index in [0.717, 1.165) is 50.3 Å². The normalized spacial score (nSPS) is 22.1. The van der Waals surface area contributed by atoms with Gasteiger partial charge in [0, 0.05) is 19.5 Å². The van der Waals surface area contributed by atoms with Crippen molar-refractivity contribution in [3.8, 4) is 11.5 Å². The molecule has 0 aliphatic carbocycles. The number of nitrogens with zero attached hydrogens (tertiary/aromatic N) is 1. The molecule has 120 valence electrons. The Bertz CT molecular complexity index is 531. The van der Waals surface area contributed by atoms with Gasteiger partial charge < -0.3 is 19.5 Å². The van der Waals surface area contributed by atoms with E-state index < -0.39 is 5.97 Å². The topological polar surface area (TPSA) is 59.0 Å². The molecule has 1 aromatic rings. The minimum absolute atomic E-state index is 0.211.